The molecule has 0 N–H and O–H groups in total. The topological polar surface area (TPSA) is 21.1 Å². The van der Waals surface area contributed by atoms with Gasteiger partial charge in [-0.3, -0.25) is 0 Å². The van der Waals surface area contributed by atoms with Gasteiger partial charge in [0.1, 0.15) is 0 Å². The summed E-state index contributed by atoms with van der Waals surface area (Å²) in [4.78, 5) is 7.44. The van der Waals surface area contributed by atoms with Gasteiger partial charge in [0.05, 0.1) is 5.52 Å². The number of fused-ring (bicyclic) bond motifs is 1. The van der Waals surface area contributed by atoms with Crippen molar-refractivity contribution in [1.29, 1.82) is 0 Å². The minimum atomic E-state index is 0. The van der Waals surface area contributed by atoms with Crippen LogP contribution in [0.1, 0.15) is 52.3 Å². The summed E-state index contributed by atoms with van der Waals surface area (Å²) >= 11 is 0. The molecular formula is C29H34ClN3. The number of nitrogens with zero attached hydrogens (tertiary/aromatic N) is 3. The van der Waals surface area contributed by atoms with E-state index in [1.54, 1.807) is 0 Å². The van der Waals surface area contributed by atoms with Crippen molar-refractivity contribution in [3.05, 3.63) is 94.3 Å². The summed E-state index contributed by atoms with van der Waals surface area (Å²) in [5, 5.41) is 1.34. The number of halogens is 1. The third kappa shape index (κ3) is 4.39. The van der Waals surface area contributed by atoms with E-state index in [0.29, 0.717) is 5.92 Å². The van der Waals surface area contributed by atoms with Gasteiger partial charge in [-0.25, -0.2) is 4.98 Å². The lowest BCUT2D eigenvalue weighted by Gasteiger charge is -2.33. The molecule has 0 aliphatic carbocycles. The smallest absolute Gasteiger partial charge is 0.153 e. The van der Waals surface area contributed by atoms with Crippen molar-refractivity contribution in [2.45, 2.75) is 53.0 Å². The van der Waals surface area contributed by atoms with E-state index in [2.05, 4.69) is 91.8 Å². The Morgan fingerprint density at radius 3 is 2.36 bits per heavy atom. The van der Waals surface area contributed by atoms with Gasteiger partial charge in [0.15, 0.2) is 5.82 Å². The minimum absolute atomic E-state index is 0. The SMILES string of the molecule is Cc1ccc(C)c(Cn2c(C)c(C)c3ccnc(N4CCC(c5ccccc5)CC4)c32)c1.Cl. The van der Waals surface area contributed by atoms with Crippen LogP contribution in [0.3, 0.4) is 0 Å². The number of benzene rings is 2. The van der Waals surface area contributed by atoms with Gasteiger partial charge in [-0.1, -0.05) is 54.1 Å². The zero-order valence-electron chi connectivity index (χ0n) is 20.1. The van der Waals surface area contributed by atoms with Gasteiger partial charge in [0.2, 0.25) is 0 Å². The van der Waals surface area contributed by atoms with E-state index in [-0.39, 0.29) is 12.4 Å². The average molecular weight is 460 g/mol. The summed E-state index contributed by atoms with van der Waals surface area (Å²) in [6.45, 7) is 11.9. The van der Waals surface area contributed by atoms with Gasteiger partial charge in [0.25, 0.3) is 0 Å². The molecule has 2 aromatic carbocycles. The van der Waals surface area contributed by atoms with Crippen molar-refractivity contribution < 1.29 is 0 Å². The number of pyridine rings is 1. The standard InChI is InChI=1S/C29H33N3.ClH/c1-20-10-11-21(2)26(18-20)19-32-23(4)22(3)27-12-15-30-29(28(27)32)31-16-13-25(14-17-31)24-8-6-5-7-9-24;/h5-12,15,18,25H,13-14,16-17,19H2,1-4H3;1H. The summed E-state index contributed by atoms with van der Waals surface area (Å²) < 4.78 is 2.50. The maximum absolute atomic E-state index is 4.93. The molecule has 4 heteroatoms. The van der Waals surface area contributed by atoms with Gasteiger partial charge in [0, 0.05) is 36.9 Å². The quantitative estimate of drug-likeness (QED) is 0.323. The van der Waals surface area contributed by atoms with E-state index in [1.165, 1.54) is 57.3 Å². The Morgan fingerprint density at radius 1 is 0.909 bits per heavy atom. The summed E-state index contributed by atoms with van der Waals surface area (Å²) in [5.74, 6) is 1.80. The largest absolute Gasteiger partial charge is 0.355 e. The van der Waals surface area contributed by atoms with Crippen molar-refractivity contribution in [3.63, 3.8) is 0 Å². The normalized spacial score (nSPS) is 14.5. The van der Waals surface area contributed by atoms with E-state index in [0.717, 1.165) is 25.5 Å². The molecule has 0 bridgehead atoms. The zero-order chi connectivity index (χ0) is 22.2. The summed E-state index contributed by atoms with van der Waals surface area (Å²) in [5.41, 5.74) is 9.54. The number of aryl methyl sites for hydroxylation is 3. The maximum Gasteiger partial charge on any atom is 0.153 e. The Kier molecular flexibility index (Phi) is 6.81. The van der Waals surface area contributed by atoms with Gasteiger partial charge < -0.3 is 9.47 Å². The first-order valence-corrected chi connectivity index (χ1v) is 11.8. The molecule has 0 unspecified atom stereocenters. The van der Waals surface area contributed by atoms with Crippen molar-refractivity contribution in [2.24, 2.45) is 0 Å². The molecule has 172 valence electrons. The minimum Gasteiger partial charge on any atom is -0.355 e. The number of anilines is 1. The van der Waals surface area contributed by atoms with Gasteiger partial charge in [-0.2, -0.15) is 0 Å². The molecule has 0 spiro atoms. The van der Waals surface area contributed by atoms with Crippen LogP contribution in [0, 0.1) is 27.7 Å². The third-order valence-corrected chi connectivity index (χ3v) is 7.43. The van der Waals surface area contributed by atoms with Gasteiger partial charge in [-0.15, -0.1) is 12.4 Å². The summed E-state index contributed by atoms with van der Waals surface area (Å²) in [6, 6.07) is 20.0. The Balaban J connectivity index is 0.00000259. The first-order valence-electron chi connectivity index (χ1n) is 11.8. The predicted molar refractivity (Wildman–Crippen MR) is 142 cm³/mol. The Morgan fingerprint density at radius 2 is 1.64 bits per heavy atom. The zero-order valence-corrected chi connectivity index (χ0v) is 21.0. The van der Waals surface area contributed by atoms with Crippen molar-refractivity contribution >= 4 is 29.1 Å². The van der Waals surface area contributed by atoms with Crippen LogP contribution in [0.25, 0.3) is 10.9 Å². The van der Waals surface area contributed by atoms with E-state index < -0.39 is 0 Å². The molecule has 0 radical (unpaired) electrons. The third-order valence-electron chi connectivity index (χ3n) is 7.43. The van der Waals surface area contributed by atoms with E-state index in [1.807, 2.05) is 6.20 Å². The van der Waals surface area contributed by atoms with Crippen molar-refractivity contribution in [1.82, 2.24) is 9.55 Å². The van der Waals surface area contributed by atoms with E-state index in [4.69, 9.17) is 4.98 Å². The number of hydrogen-bond acceptors (Lipinski definition) is 2. The highest BCUT2D eigenvalue weighted by Crippen LogP contribution is 2.36. The fourth-order valence-electron chi connectivity index (χ4n) is 5.30. The lowest BCUT2D eigenvalue weighted by Crippen LogP contribution is -2.33. The first kappa shape index (κ1) is 23.4. The lowest BCUT2D eigenvalue weighted by molar-refractivity contribution is 0.503. The monoisotopic (exact) mass is 459 g/mol. The number of rotatable bonds is 4. The summed E-state index contributed by atoms with van der Waals surface area (Å²) in [7, 11) is 0. The van der Waals surface area contributed by atoms with Crippen LogP contribution in [0.5, 0.6) is 0 Å². The second-order valence-electron chi connectivity index (χ2n) is 9.43. The summed E-state index contributed by atoms with van der Waals surface area (Å²) in [6.07, 6.45) is 4.35. The Labute approximate surface area is 203 Å². The fourth-order valence-corrected chi connectivity index (χ4v) is 5.30. The lowest BCUT2D eigenvalue weighted by atomic mass is 9.89. The Bertz CT molecular complexity index is 1250. The molecule has 0 amide bonds. The molecule has 1 aliphatic rings. The molecule has 4 aromatic rings. The maximum atomic E-state index is 4.93. The van der Waals surface area contributed by atoms with Crippen LogP contribution in [0.2, 0.25) is 0 Å². The fraction of sp³-hybridized carbons (Fsp3) is 0.345. The molecule has 5 rings (SSSR count). The van der Waals surface area contributed by atoms with Crippen LogP contribution in [-0.2, 0) is 6.54 Å². The van der Waals surface area contributed by atoms with Gasteiger partial charge in [-0.05, 0) is 74.8 Å². The molecule has 3 heterocycles. The highest BCUT2D eigenvalue weighted by Gasteiger charge is 2.25. The number of piperidine rings is 1. The second-order valence-corrected chi connectivity index (χ2v) is 9.43. The molecule has 1 fully saturated rings. The van der Waals surface area contributed by atoms with Gasteiger partial charge >= 0.3 is 0 Å². The van der Waals surface area contributed by atoms with Crippen molar-refractivity contribution in [3.8, 4) is 0 Å². The first-order chi connectivity index (χ1) is 15.5. The molecular weight excluding hydrogens is 426 g/mol. The van der Waals surface area contributed by atoms with Crippen LogP contribution in [0.4, 0.5) is 5.82 Å². The molecule has 33 heavy (non-hydrogen) atoms. The molecule has 0 atom stereocenters. The molecule has 3 nitrogen and oxygen atoms in total. The molecule has 1 saturated heterocycles. The van der Waals surface area contributed by atoms with Crippen molar-refractivity contribution in [2.75, 3.05) is 18.0 Å². The average Bonchev–Trinajstić information content (AvgIpc) is 3.07. The second kappa shape index (κ2) is 9.61. The highest BCUT2D eigenvalue weighted by molar-refractivity contribution is 5.93. The number of hydrogen-bond donors (Lipinski definition) is 0. The Hall–Kier alpha value is -2.78. The van der Waals surface area contributed by atoms with Crippen LogP contribution < -0.4 is 4.90 Å². The highest BCUT2D eigenvalue weighted by atomic mass is 35.5. The molecule has 2 aromatic heterocycles. The predicted octanol–water partition coefficient (Wildman–Crippen LogP) is 7.12. The van der Waals surface area contributed by atoms with Crippen LogP contribution in [0.15, 0.2) is 60.8 Å². The molecule has 0 saturated carbocycles. The molecule has 1 aliphatic heterocycles. The van der Waals surface area contributed by atoms with E-state index >= 15 is 0 Å². The van der Waals surface area contributed by atoms with Crippen LogP contribution >= 0.6 is 12.4 Å². The van der Waals surface area contributed by atoms with Crippen LogP contribution in [-0.4, -0.2) is 22.6 Å². The number of aromatic nitrogens is 2. The van der Waals surface area contributed by atoms with E-state index in [9.17, 15) is 0 Å².